The smallest absolute Gasteiger partial charge is 0.271 e. The molecule has 1 unspecified atom stereocenters. The summed E-state index contributed by atoms with van der Waals surface area (Å²) in [6.07, 6.45) is 2.95. The average molecular weight is 357 g/mol. The van der Waals surface area contributed by atoms with Gasteiger partial charge in [-0.05, 0) is 6.42 Å². The van der Waals surface area contributed by atoms with Gasteiger partial charge in [-0.2, -0.15) is 0 Å². The maximum atomic E-state index is 11.9. The van der Waals surface area contributed by atoms with Crippen LogP contribution in [0.3, 0.4) is 0 Å². The molecular weight excluding hydrogens is 335 g/mol. The Kier molecular flexibility index (Phi) is 12.5. The molecule has 1 heterocycles. The molecule has 1 aromatic rings. The minimum atomic E-state index is -0.251. The number of halogens is 2. The van der Waals surface area contributed by atoms with Crippen LogP contribution >= 0.6 is 36.2 Å². The molecule has 0 saturated carbocycles. The number of carbonyl (C=O) groups excluding carboxylic acids is 2. The lowest BCUT2D eigenvalue weighted by molar-refractivity contribution is -0.114. The molecule has 1 rings (SSSR count). The molecule has 0 fully saturated rings. The Morgan fingerprint density at radius 3 is 2.62 bits per heavy atom. The molecule has 6 nitrogen and oxygen atoms in total. The third-order valence-electron chi connectivity index (χ3n) is 2.55. The van der Waals surface area contributed by atoms with Crippen molar-refractivity contribution in [2.24, 2.45) is 5.73 Å². The summed E-state index contributed by atoms with van der Waals surface area (Å²) in [5, 5.41) is 7.44. The number of aromatic nitrogens is 1. The van der Waals surface area contributed by atoms with Gasteiger partial charge in [0.1, 0.15) is 5.69 Å². The lowest BCUT2D eigenvalue weighted by Gasteiger charge is -2.15. The van der Waals surface area contributed by atoms with E-state index >= 15 is 0 Å². The summed E-state index contributed by atoms with van der Waals surface area (Å²) in [4.78, 5) is 26.9. The van der Waals surface area contributed by atoms with E-state index in [2.05, 4.69) is 22.5 Å². The summed E-state index contributed by atoms with van der Waals surface area (Å²) in [5.41, 5.74) is 5.93. The second-order valence-electron chi connectivity index (χ2n) is 4.27. The van der Waals surface area contributed by atoms with Crippen LogP contribution in [0, 0.1) is 0 Å². The van der Waals surface area contributed by atoms with Crippen LogP contribution in [-0.2, 0) is 4.79 Å². The number of hydrogen-bond donors (Lipinski definition) is 3. The van der Waals surface area contributed by atoms with Crippen LogP contribution in [0.2, 0.25) is 0 Å². The van der Waals surface area contributed by atoms with Gasteiger partial charge in [0.05, 0.1) is 0 Å². The molecule has 4 N–H and O–H groups in total. The van der Waals surface area contributed by atoms with E-state index < -0.39 is 0 Å². The Bertz CT molecular complexity index is 443. The van der Waals surface area contributed by atoms with Gasteiger partial charge >= 0.3 is 0 Å². The summed E-state index contributed by atoms with van der Waals surface area (Å²) >= 11 is 1.22. The van der Waals surface area contributed by atoms with E-state index in [1.165, 1.54) is 18.3 Å². The molecule has 0 aliphatic carbocycles. The van der Waals surface area contributed by atoms with E-state index in [9.17, 15) is 9.59 Å². The van der Waals surface area contributed by atoms with Crippen LogP contribution in [0.25, 0.3) is 0 Å². The fourth-order valence-corrected chi connectivity index (χ4v) is 2.28. The normalized spacial score (nSPS) is 10.8. The Hall–Kier alpha value is -0.890. The van der Waals surface area contributed by atoms with Crippen LogP contribution in [0.15, 0.2) is 5.38 Å². The first-order valence-electron chi connectivity index (χ1n) is 6.30. The van der Waals surface area contributed by atoms with E-state index in [-0.39, 0.29) is 42.7 Å². The van der Waals surface area contributed by atoms with Crippen molar-refractivity contribution in [1.29, 1.82) is 0 Å². The van der Waals surface area contributed by atoms with E-state index in [1.54, 1.807) is 5.38 Å². The standard InChI is InChI=1S/C12H20N4O2S.2ClH/c1-3-4-5-9(6-13)15-11(18)10-7-19-12(16-10)14-8(2)17;;/h7,9H,3-6,13H2,1-2H3,(H,15,18)(H,14,16,17);2*1H. The summed E-state index contributed by atoms with van der Waals surface area (Å²) in [5.74, 6) is -0.455. The Labute approximate surface area is 141 Å². The zero-order valence-corrected chi connectivity index (χ0v) is 14.5. The Morgan fingerprint density at radius 1 is 1.43 bits per heavy atom. The second kappa shape index (κ2) is 11.7. The highest BCUT2D eigenvalue weighted by atomic mass is 35.5. The maximum Gasteiger partial charge on any atom is 0.271 e. The first-order valence-corrected chi connectivity index (χ1v) is 7.18. The fraction of sp³-hybridized carbons (Fsp3) is 0.583. The number of nitrogens with zero attached hydrogens (tertiary/aromatic N) is 1. The molecule has 122 valence electrons. The number of rotatable bonds is 7. The number of anilines is 1. The van der Waals surface area contributed by atoms with Crippen molar-refractivity contribution in [2.75, 3.05) is 11.9 Å². The predicted octanol–water partition coefficient (Wildman–Crippen LogP) is 2.19. The van der Waals surface area contributed by atoms with Crippen molar-refractivity contribution in [1.82, 2.24) is 10.3 Å². The lowest BCUT2D eigenvalue weighted by atomic mass is 10.1. The van der Waals surface area contributed by atoms with Crippen molar-refractivity contribution in [3.63, 3.8) is 0 Å². The molecule has 1 atom stereocenters. The molecule has 2 amide bonds. The summed E-state index contributed by atoms with van der Waals surface area (Å²) < 4.78 is 0. The summed E-state index contributed by atoms with van der Waals surface area (Å²) in [7, 11) is 0. The van der Waals surface area contributed by atoms with E-state index in [4.69, 9.17) is 5.73 Å². The van der Waals surface area contributed by atoms with Gasteiger partial charge in [0, 0.05) is 24.9 Å². The van der Waals surface area contributed by atoms with Crippen LogP contribution in [0.5, 0.6) is 0 Å². The molecule has 0 aliphatic heterocycles. The van der Waals surface area contributed by atoms with Gasteiger partial charge in [0.15, 0.2) is 5.13 Å². The van der Waals surface area contributed by atoms with Crippen LogP contribution in [0.1, 0.15) is 43.6 Å². The van der Waals surface area contributed by atoms with Gasteiger partial charge in [-0.15, -0.1) is 36.2 Å². The first kappa shape index (κ1) is 22.4. The molecule has 0 radical (unpaired) electrons. The fourth-order valence-electron chi connectivity index (χ4n) is 1.54. The molecule has 0 bridgehead atoms. The number of thiazole rings is 1. The number of carbonyl (C=O) groups is 2. The number of hydrogen-bond acceptors (Lipinski definition) is 5. The monoisotopic (exact) mass is 356 g/mol. The van der Waals surface area contributed by atoms with E-state index in [0.29, 0.717) is 17.4 Å². The van der Waals surface area contributed by atoms with Crippen molar-refractivity contribution >= 4 is 53.1 Å². The zero-order valence-electron chi connectivity index (χ0n) is 12.0. The minimum absolute atomic E-state index is 0. The third-order valence-corrected chi connectivity index (χ3v) is 3.30. The molecule has 0 spiro atoms. The highest BCUT2D eigenvalue weighted by Crippen LogP contribution is 2.15. The summed E-state index contributed by atoms with van der Waals surface area (Å²) in [6, 6.07) is -0.0293. The van der Waals surface area contributed by atoms with Gasteiger partial charge < -0.3 is 16.4 Å². The Balaban J connectivity index is 0. The number of unbranched alkanes of at least 4 members (excludes halogenated alkanes) is 1. The molecule has 0 aromatic carbocycles. The average Bonchev–Trinajstić information content (AvgIpc) is 2.81. The number of nitrogens with one attached hydrogen (secondary N) is 2. The lowest BCUT2D eigenvalue weighted by Crippen LogP contribution is -2.40. The highest BCUT2D eigenvalue weighted by Gasteiger charge is 2.15. The van der Waals surface area contributed by atoms with Gasteiger partial charge in [-0.3, -0.25) is 9.59 Å². The third kappa shape index (κ3) is 8.21. The van der Waals surface area contributed by atoms with E-state index in [0.717, 1.165) is 19.3 Å². The molecule has 0 aliphatic rings. The number of nitrogens with two attached hydrogens (primary N) is 1. The van der Waals surface area contributed by atoms with Gasteiger partial charge in [0.2, 0.25) is 5.91 Å². The van der Waals surface area contributed by atoms with Crippen LogP contribution < -0.4 is 16.4 Å². The van der Waals surface area contributed by atoms with Crippen LogP contribution in [-0.4, -0.2) is 29.4 Å². The van der Waals surface area contributed by atoms with Crippen molar-refractivity contribution in [3.05, 3.63) is 11.1 Å². The van der Waals surface area contributed by atoms with Crippen LogP contribution in [0.4, 0.5) is 5.13 Å². The predicted molar refractivity (Wildman–Crippen MR) is 90.7 cm³/mol. The maximum absolute atomic E-state index is 11.9. The first-order chi connectivity index (χ1) is 9.06. The highest BCUT2D eigenvalue weighted by molar-refractivity contribution is 7.14. The topological polar surface area (TPSA) is 97.1 Å². The van der Waals surface area contributed by atoms with Gasteiger partial charge in [0.25, 0.3) is 5.91 Å². The van der Waals surface area contributed by atoms with E-state index in [1.807, 2.05) is 0 Å². The minimum Gasteiger partial charge on any atom is -0.347 e. The zero-order chi connectivity index (χ0) is 14.3. The molecule has 9 heteroatoms. The largest absolute Gasteiger partial charge is 0.347 e. The molecule has 0 saturated heterocycles. The van der Waals surface area contributed by atoms with Gasteiger partial charge in [-0.1, -0.05) is 19.8 Å². The quantitative estimate of drug-likeness (QED) is 0.697. The van der Waals surface area contributed by atoms with Crippen molar-refractivity contribution in [2.45, 2.75) is 39.2 Å². The molecule has 21 heavy (non-hydrogen) atoms. The SMILES string of the molecule is CCCCC(CN)NC(=O)c1csc(NC(C)=O)n1.Cl.Cl. The Morgan fingerprint density at radius 2 is 2.10 bits per heavy atom. The number of amides is 2. The molecule has 1 aromatic heterocycles. The van der Waals surface area contributed by atoms with Crippen molar-refractivity contribution < 1.29 is 9.59 Å². The second-order valence-corrected chi connectivity index (χ2v) is 5.13. The molecular formula is C12H22Cl2N4O2S. The summed E-state index contributed by atoms with van der Waals surface area (Å²) in [6.45, 7) is 3.90. The van der Waals surface area contributed by atoms with Gasteiger partial charge in [-0.25, -0.2) is 4.98 Å². The van der Waals surface area contributed by atoms with Crippen molar-refractivity contribution in [3.8, 4) is 0 Å².